The Balaban J connectivity index is 0.000000360. The summed E-state index contributed by atoms with van der Waals surface area (Å²) in [6.07, 6.45) is 0. The van der Waals surface area contributed by atoms with E-state index in [1.807, 2.05) is 75.4 Å². The molecular weight excluding hydrogens is 272 g/mol. The Kier molecular flexibility index (Phi) is 7.36. The summed E-state index contributed by atoms with van der Waals surface area (Å²) in [6.45, 7) is 5.95. The smallest absolute Gasteiger partial charge is 0.0306 e. The van der Waals surface area contributed by atoms with Crippen LogP contribution in [0.2, 0.25) is 0 Å². The molecule has 0 heterocycles. The fraction of sp³-hybridized carbons (Fsp3) is 0.286. The van der Waals surface area contributed by atoms with E-state index in [1.165, 1.54) is 0 Å². The van der Waals surface area contributed by atoms with E-state index in [2.05, 4.69) is 0 Å². The third-order valence-corrected chi connectivity index (χ3v) is 3.77. The average molecular weight is 290 g/mol. The van der Waals surface area contributed by atoms with Gasteiger partial charge in [0.25, 0.3) is 0 Å². The van der Waals surface area contributed by atoms with Crippen LogP contribution in [0.25, 0.3) is 0 Å². The van der Waals surface area contributed by atoms with Gasteiger partial charge in [0, 0.05) is 32.6 Å². The molecule has 1 nitrogen and oxygen atoms in total. The second kappa shape index (κ2) is 7.65. The van der Waals surface area contributed by atoms with Crippen molar-refractivity contribution in [3.63, 3.8) is 0 Å². The van der Waals surface area contributed by atoms with Crippen LogP contribution in [0.15, 0.2) is 59.5 Å². The van der Waals surface area contributed by atoms with Crippen molar-refractivity contribution in [3.8, 4) is 0 Å². The van der Waals surface area contributed by atoms with Gasteiger partial charge in [0.2, 0.25) is 0 Å². The van der Waals surface area contributed by atoms with Gasteiger partial charge in [0.15, 0.2) is 0 Å². The SMILES string of the molecule is CC(C)(C)S(=O)[c-]1cccc1.[Fe].[cH-]1[cH-][cH-][cH-][cH-]1. The minimum Gasteiger partial charge on any atom is -0.748 e. The van der Waals surface area contributed by atoms with Gasteiger partial charge in [-0.3, -0.25) is 4.21 Å². The molecule has 0 bridgehead atoms. The van der Waals surface area contributed by atoms with Crippen LogP contribution >= 0.6 is 0 Å². The van der Waals surface area contributed by atoms with Gasteiger partial charge in [-0.1, -0.05) is 4.90 Å². The molecule has 1 atom stereocenters. The van der Waals surface area contributed by atoms with Crippen molar-refractivity contribution in [2.45, 2.75) is 30.4 Å². The van der Waals surface area contributed by atoms with Crippen molar-refractivity contribution in [3.05, 3.63) is 54.6 Å². The van der Waals surface area contributed by atoms with Crippen LogP contribution in [0.1, 0.15) is 20.8 Å². The first-order valence-electron chi connectivity index (χ1n) is 5.32. The van der Waals surface area contributed by atoms with E-state index >= 15 is 0 Å². The second-order valence-corrected chi connectivity index (χ2v) is 6.70. The summed E-state index contributed by atoms with van der Waals surface area (Å²) < 4.78 is 11.5. The molecule has 0 aliphatic carbocycles. The maximum atomic E-state index is 11.6. The predicted octanol–water partition coefficient (Wildman–Crippen LogP) is 3.71. The first-order valence-corrected chi connectivity index (χ1v) is 6.47. The van der Waals surface area contributed by atoms with Crippen LogP contribution in [0, 0.1) is 0 Å². The van der Waals surface area contributed by atoms with Gasteiger partial charge in [-0.25, -0.2) is 12.1 Å². The van der Waals surface area contributed by atoms with Crippen LogP contribution in [0.5, 0.6) is 0 Å². The van der Waals surface area contributed by atoms with E-state index in [0.717, 1.165) is 4.90 Å². The summed E-state index contributed by atoms with van der Waals surface area (Å²) in [4.78, 5) is 0.928. The Morgan fingerprint density at radius 1 is 0.941 bits per heavy atom. The number of hydrogen-bond acceptors (Lipinski definition) is 1. The molecule has 3 heteroatoms. The third kappa shape index (κ3) is 6.02. The zero-order valence-corrected chi connectivity index (χ0v) is 12.3. The van der Waals surface area contributed by atoms with Crippen molar-refractivity contribution < 1.29 is 21.3 Å². The molecule has 0 aliphatic heterocycles. The van der Waals surface area contributed by atoms with E-state index in [9.17, 15) is 4.21 Å². The summed E-state index contributed by atoms with van der Waals surface area (Å²) in [5.74, 6) is 0. The topological polar surface area (TPSA) is 17.1 Å². The predicted molar refractivity (Wildman–Crippen MR) is 70.2 cm³/mol. The zero-order valence-electron chi connectivity index (χ0n) is 10.4. The molecule has 0 fully saturated rings. The Morgan fingerprint density at radius 3 is 1.59 bits per heavy atom. The molecule has 0 spiro atoms. The Labute approximate surface area is 117 Å². The fourth-order valence-electron chi connectivity index (χ4n) is 1.15. The standard InChI is InChI=1S/C9H13OS.C5H5.Fe/c1-9(2,3)11(10)8-6-4-5-7-8;1-2-4-5-3-1;/h4-7H,1-3H3;1-5H;/q-1;-5;. The second-order valence-electron chi connectivity index (χ2n) is 4.46. The molecule has 0 N–H and O–H groups in total. The van der Waals surface area contributed by atoms with Crippen molar-refractivity contribution in [2.75, 3.05) is 0 Å². The summed E-state index contributed by atoms with van der Waals surface area (Å²) in [5, 5.41) is 0. The maximum absolute atomic E-state index is 11.6. The minimum atomic E-state index is -0.870. The molecule has 0 radical (unpaired) electrons. The van der Waals surface area contributed by atoms with Crippen molar-refractivity contribution in [1.29, 1.82) is 0 Å². The van der Waals surface area contributed by atoms with Crippen LogP contribution < -0.4 is 0 Å². The molecule has 0 saturated carbocycles. The van der Waals surface area contributed by atoms with Crippen LogP contribution in [-0.4, -0.2) is 8.96 Å². The fourth-order valence-corrected chi connectivity index (χ4v) is 2.27. The van der Waals surface area contributed by atoms with Gasteiger partial charge >= 0.3 is 0 Å². The third-order valence-electron chi connectivity index (χ3n) is 1.96. The van der Waals surface area contributed by atoms with E-state index < -0.39 is 10.8 Å². The Morgan fingerprint density at radius 2 is 1.29 bits per heavy atom. The molecule has 0 aliphatic rings. The van der Waals surface area contributed by atoms with Gasteiger partial charge in [-0.05, 0) is 20.8 Å². The van der Waals surface area contributed by atoms with Crippen molar-refractivity contribution in [2.24, 2.45) is 0 Å². The first-order chi connectivity index (χ1) is 7.52. The first kappa shape index (κ1) is 16.4. The molecule has 0 amide bonds. The minimum absolute atomic E-state index is 0. The molecule has 2 rings (SSSR count). The zero-order chi connectivity index (χ0) is 12.0. The molecule has 0 aromatic heterocycles. The van der Waals surface area contributed by atoms with Crippen LogP contribution in [0.4, 0.5) is 0 Å². The molecule has 2 aromatic carbocycles. The largest absolute Gasteiger partial charge is 0.748 e. The molecule has 1 unspecified atom stereocenters. The molecule has 100 valence electrons. The Hall–Kier alpha value is -0.631. The van der Waals surface area contributed by atoms with E-state index in [1.54, 1.807) is 0 Å². The van der Waals surface area contributed by atoms with E-state index in [0.29, 0.717) is 0 Å². The maximum Gasteiger partial charge on any atom is 0.0306 e. The molecule has 2 aromatic rings. The monoisotopic (exact) mass is 290 g/mol. The molecular formula is C14H18FeOS-6. The summed E-state index contributed by atoms with van der Waals surface area (Å²) in [7, 11) is -0.870. The van der Waals surface area contributed by atoms with E-state index in [4.69, 9.17) is 0 Å². The van der Waals surface area contributed by atoms with Crippen molar-refractivity contribution >= 4 is 10.8 Å². The normalized spacial score (nSPS) is 11.9. The summed E-state index contributed by atoms with van der Waals surface area (Å²) >= 11 is 0. The van der Waals surface area contributed by atoms with Crippen molar-refractivity contribution in [1.82, 2.24) is 0 Å². The molecule has 17 heavy (non-hydrogen) atoms. The van der Waals surface area contributed by atoms with Gasteiger partial charge < -0.3 is 30.3 Å². The molecule has 0 saturated heterocycles. The van der Waals surface area contributed by atoms with Gasteiger partial charge in [0.1, 0.15) is 0 Å². The quantitative estimate of drug-likeness (QED) is 0.578. The number of hydrogen-bond donors (Lipinski definition) is 0. The van der Waals surface area contributed by atoms with E-state index in [-0.39, 0.29) is 21.8 Å². The van der Waals surface area contributed by atoms with Crippen LogP contribution in [0.3, 0.4) is 0 Å². The summed E-state index contributed by atoms with van der Waals surface area (Å²) in [5.41, 5.74) is 0. The Bertz CT molecular complexity index is 379. The summed E-state index contributed by atoms with van der Waals surface area (Å²) in [6, 6.07) is 17.6. The van der Waals surface area contributed by atoms with Gasteiger partial charge in [0.05, 0.1) is 0 Å². The average Bonchev–Trinajstić information content (AvgIpc) is 2.91. The van der Waals surface area contributed by atoms with Crippen LogP contribution in [-0.2, 0) is 27.9 Å². The van der Waals surface area contributed by atoms with Gasteiger partial charge in [-0.2, -0.15) is 12.1 Å². The number of rotatable bonds is 1. The van der Waals surface area contributed by atoms with Gasteiger partial charge in [-0.15, -0.1) is 0 Å².